The SMILES string of the molecule is CCCn1cc(CN2CC3CCC(N)C3C2)cn1.Cl. The number of nitrogens with zero attached hydrogens (tertiary/aromatic N) is 3. The first-order chi connectivity index (χ1) is 8.76. The Morgan fingerprint density at radius 3 is 2.95 bits per heavy atom. The molecule has 0 bridgehead atoms. The molecule has 0 amide bonds. The molecule has 2 fully saturated rings. The van der Waals surface area contributed by atoms with Crippen molar-refractivity contribution in [2.75, 3.05) is 13.1 Å². The molecule has 2 N–H and O–H groups in total. The van der Waals surface area contributed by atoms with E-state index in [-0.39, 0.29) is 12.4 Å². The number of hydrogen-bond acceptors (Lipinski definition) is 3. The topological polar surface area (TPSA) is 47.1 Å². The van der Waals surface area contributed by atoms with Gasteiger partial charge in [0.05, 0.1) is 6.20 Å². The average Bonchev–Trinajstić information content (AvgIpc) is 3.00. The monoisotopic (exact) mass is 284 g/mol. The van der Waals surface area contributed by atoms with Gasteiger partial charge in [-0.15, -0.1) is 12.4 Å². The molecule has 3 atom stereocenters. The minimum atomic E-state index is 0. The average molecular weight is 285 g/mol. The third kappa shape index (κ3) is 3.12. The molecular formula is C14H25ClN4. The highest BCUT2D eigenvalue weighted by molar-refractivity contribution is 5.85. The van der Waals surface area contributed by atoms with Crippen LogP contribution in [0.1, 0.15) is 31.7 Å². The van der Waals surface area contributed by atoms with E-state index in [1.807, 2.05) is 6.20 Å². The van der Waals surface area contributed by atoms with Gasteiger partial charge in [0.2, 0.25) is 0 Å². The molecule has 0 aromatic carbocycles. The second-order valence-corrected chi connectivity index (χ2v) is 5.97. The number of rotatable bonds is 4. The van der Waals surface area contributed by atoms with E-state index in [0.29, 0.717) is 6.04 Å². The van der Waals surface area contributed by atoms with Gasteiger partial charge in [-0.2, -0.15) is 5.10 Å². The Balaban J connectivity index is 0.00000133. The second kappa shape index (κ2) is 6.25. The van der Waals surface area contributed by atoms with Crippen LogP contribution in [0.15, 0.2) is 12.4 Å². The van der Waals surface area contributed by atoms with Crippen LogP contribution >= 0.6 is 12.4 Å². The van der Waals surface area contributed by atoms with E-state index in [1.165, 1.54) is 31.5 Å². The summed E-state index contributed by atoms with van der Waals surface area (Å²) in [6.07, 6.45) is 7.92. The van der Waals surface area contributed by atoms with Crippen LogP contribution in [0.3, 0.4) is 0 Å². The van der Waals surface area contributed by atoms with Crippen LogP contribution in [-0.2, 0) is 13.1 Å². The first-order valence-electron chi connectivity index (χ1n) is 7.25. The Morgan fingerprint density at radius 1 is 1.37 bits per heavy atom. The molecule has 0 radical (unpaired) electrons. The van der Waals surface area contributed by atoms with Crippen molar-refractivity contribution in [2.45, 2.75) is 45.3 Å². The van der Waals surface area contributed by atoms with Gasteiger partial charge in [0.1, 0.15) is 0 Å². The van der Waals surface area contributed by atoms with Gasteiger partial charge in [-0.1, -0.05) is 6.92 Å². The van der Waals surface area contributed by atoms with Gasteiger partial charge in [0, 0.05) is 44.0 Å². The van der Waals surface area contributed by atoms with Crippen LogP contribution in [0.2, 0.25) is 0 Å². The number of nitrogens with two attached hydrogens (primary N) is 1. The second-order valence-electron chi connectivity index (χ2n) is 5.97. The van der Waals surface area contributed by atoms with Crippen LogP contribution < -0.4 is 5.73 Å². The van der Waals surface area contributed by atoms with E-state index >= 15 is 0 Å². The molecule has 1 aliphatic heterocycles. The molecule has 1 aromatic rings. The molecule has 0 spiro atoms. The van der Waals surface area contributed by atoms with Crippen molar-refractivity contribution in [2.24, 2.45) is 17.6 Å². The maximum Gasteiger partial charge on any atom is 0.0534 e. The minimum Gasteiger partial charge on any atom is -0.327 e. The minimum absolute atomic E-state index is 0. The van der Waals surface area contributed by atoms with E-state index in [1.54, 1.807) is 0 Å². The maximum absolute atomic E-state index is 6.18. The Bertz CT molecular complexity index is 406. The summed E-state index contributed by atoms with van der Waals surface area (Å²) >= 11 is 0. The van der Waals surface area contributed by atoms with Crippen LogP contribution in [0, 0.1) is 11.8 Å². The normalized spacial score (nSPS) is 30.3. The molecule has 19 heavy (non-hydrogen) atoms. The quantitative estimate of drug-likeness (QED) is 0.918. The van der Waals surface area contributed by atoms with Crippen LogP contribution in [-0.4, -0.2) is 33.8 Å². The molecule has 5 heteroatoms. The highest BCUT2D eigenvalue weighted by atomic mass is 35.5. The lowest BCUT2D eigenvalue weighted by molar-refractivity contribution is 0.298. The third-order valence-electron chi connectivity index (χ3n) is 4.53. The van der Waals surface area contributed by atoms with Crippen LogP contribution in [0.5, 0.6) is 0 Å². The van der Waals surface area contributed by atoms with Crippen molar-refractivity contribution >= 4 is 12.4 Å². The molecule has 1 aliphatic carbocycles. The first-order valence-corrected chi connectivity index (χ1v) is 7.25. The summed E-state index contributed by atoms with van der Waals surface area (Å²) in [4.78, 5) is 2.56. The molecular weight excluding hydrogens is 260 g/mol. The molecule has 2 aliphatic rings. The Morgan fingerprint density at radius 2 is 2.21 bits per heavy atom. The van der Waals surface area contributed by atoms with Gasteiger partial charge in [-0.3, -0.25) is 9.58 Å². The van der Waals surface area contributed by atoms with Crippen molar-refractivity contribution < 1.29 is 0 Å². The van der Waals surface area contributed by atoms with Crippen molar-refractivity contribution in [3.8, 4) is 0 Å². The number of aryl methyl sites for hydroxylation is 1. The zero-order chi connectivity index (χ0) is 12.5. The van der Waals surface area contributed by atoms with Crippen molar-refractivity contribution in [3.05, 3.63) is 18.0 Å². The molecule has 2 heterocycles. The number of aromatic nitrogens is 2. The Hall–Kier alpha value is -0.580. The van der Waals surface area contributed by atoms with Gasteiger partial charge in [-0.05, 0) is 31.1 Å². The first kappa shape index (κ1) is 14.8. The van der Waals surface area contributed by atoms with E-state index in [2.05, 4.69) is 27.8 Å². The zero-order valence-corrected chi connectivity index (χ0v) is 12.5. The molecule has 3 unspecified atom stereocenters. The summed E-state index contributed by atoms with van der Waals surface area (Å²) in [7, 11) is 0. The fraction of sp³-hybridized carbons (Fsp3) is 0.786. The Labute approximate surface area is 121 Å². The summed E-state index contributed by atoms with van der Waals surface area (Å²) in [6.45, 7) is 6.67. The predicted molar refractivity (Wildman–Crippen MR) is 79.2 cm³/mol. The van der Waals surface area contributed by atoms with Gasteiger partial charge < -0.3 is 5.73 Å². The third-order valence-corrected chi connectivity index (χ3v) is 4.53. The standard InChI is InChI=1S/C14H24N4.ClH/c1-2-5-18-8-11(6-16-18)7-17-9-12-3-4-14(15)13(12)10-17;/h6,8,12-14H,2-5,7,9-10,15H2,1H3;1H. The lowest BCUT2D eigenvalue weighted by Crippen LogP contribution is -2.30. The summed E-state index contributed by atoms with van der Waals surface area (Å²) in [6, 6.07) is 0.447. The molecule has 1 aromatic heterocycles. The lowest BCUT2D eigenvalue weighted by Gasteiger charge is -2.17. The van der Waals surface area contributed by atoms with Crippen molar-refractivity contribution in [1.29, 1.82) is 0 Å². The Kier molecular flexibility index (Phi) is 4.87. The molecule has 108 valence electrons. The van der Waals surface area contributed by atoms with E-state index < -0.39 is 0 Å². The predicted octanol–water partition coefficient (Wildman–Crippen LogP) is 1.88. The smallest absolute Gasteiger partial charge is 0.0534 e. The highest BCUT2D eigenvalue weighted by Crippen LogP contribution is 2.37. The largest absolute Gasteiger partial charge is 0.327 e. The summed E-state index contributed by atoms with van der Waals surface area (Å²) in [5.74, 6) is 1.60. The lowest BCUT2D eigenvalue weighted by atomic mass is 9.98. The fourth-order valence-corrected chi connectivity index (χ4v) is 3.63. The van der Waals surface area contributed by atoms with Crippen molar-refractivity contribution in [3.63, 3.8) is 0 Å². The van der Waals surface area contributed by atoms with Gasteiger partial charge in [0.25, 0.3) is 0 Å². The summed E-state index contributed by atoms with van der Waals surface area (Å²) in [5.41, 5.74) is 7.52. The highest BCUT2D eigenvalue weighted by Gasteiger charge is 2.40. The van der Waals surface area contributed by atoms with Gasteiger partial charge in [-0.25, -0.2) is 0 Å². The molecule has 4 nitrogen and oxygen atoms in total. The van der Waals surface area contributed by atoms with Crippen molar-refractivity contribution in [1.82, 2.24) is 14.7 Å². The maximum atomic E-state index is 6.18. The number of halogens is 1. The molecule has 1 saturated heterocycles. The molecule has 3 rings (SSSR count). The van der Waals surface area contributed by atoms with E-state index in [0.717, 1.165) is 31.3 Å². The number of hydrogen-bond donors (Lipinski definition) is 1. The van der Waals surface area contributed by atoms with Crippen LogP contribution in [0.25, 0.3) is 0 Å². The fourth-order valence-electron chi connectivity index (χ4n) is 3.63. The van der Waals surface area contributed by atoms with Gasteiger partial charge in [0.15, 0.2) is 0 Å². The summed E-state index contributed by atoms with van der Waals surface area (Å²) < 4.78 is 2.05. The van der Waals surface area contributed by atoms with E-state index in [9.17, 15) is 0 Å². The molecule has 1 saturated carbocycles. The van der Waals surface area contributed by atoms with E-state index in [4.69, 9.17) is 5.73 Å². The number of likely N-dealkylation sites (tertiary alicyclic amines) is 1. The summed E-state index contributed by atoms with van der Waals surface area (Å²) in [5, 5.41) is 4.40. The van der Waals surface area contributed by atoms with Crippen LogP contribution in [0.4, 0.5) is 0 Å². The zero-order valence-electron chi connectivity index (χ0n) is 11.7. The van der Waals surface area contributed by atoms with Gasteiger partial charge >= 0.3 is 0 Å². The number of fused-ring (bicyclic) bond motifs is 1.